The summed E-state index contributed by atoms with van der Waals surface area (Å²) in [6.07, 6.45) is 7.72. The number of aromatic nitrogens is 1. The van der Waals surface area contributed by atoms with Crippen LogP contribution in [0.2, 0.25) is 0 Å². The summed E-state index contributed by atoms with van der Waals surface area (Å²) >= 11 is 0. The van der Waals surface area contributed by atoms with Gasteiger partial charge in [-0.1, -0.05) is 13.0 Å². The van der Waals surface area contributed by atoms with Gasteiger partial charge in [0.25, 0.3) is 0 Å². The van der Waals surface area contributed by atoms with Crippen molar-refractivity contribution in [2.24, 2.45) is 0 Å². The third-order valence-electron chi connectivity index (χ3n) is 4.37. The molecule has 0 N–H and O–H groups in total. The molecule has 20 heavy (non-hydrogen) atoms. The molecule has 4 heteroatoms. The summed E-state index contributed by atoms with van der Waals surface area (Å²) < 4.78 is 5.98. The van der Waals surface area contributed by atoms with E-state index in [1.807, 2.05) is 18.2 Å². The van der Waals surface area contributed by atoms with Crippen LogP contribution >= 0.6 is 0 Å². The molecule has 1 amide bonds. The number of hydrogen-bond donors (Lipinski definition) is 0. The Morgan fingerprint density at radius 1 is 1.35 bits per heavy atom. The van der Waals surface area contributed by atoms with Gasteiger partial charge in [-0.2, -0.15) is 0 Å². The van der Waals surface area contributed by atoms with Crippen molar-refractivity contribution < 1.29 is 9.53 Å². The van der Waals surface area contributed by atoms with E-state index in [-0.39, 0.29) is 6.10 Å². The second kappa shape index (κ2) is 5.81. The number of piperidine rings is 1. The minimum atomic E-state index is 0.202. The molecular formula is C16H22N2O2. The number of amides is 1. The highest BCUT2D eigenvalue weighted by Gasteiger charge is 2.43. The molecule has 1 aromatic heterocycles. The van der Waals surface area contributed by atoms with Crippen LogP contribution in [0, 0.1) is 0 Å². The molecule has 0 saturated carbocycles. The molecule has 108 valence electrons. The van der Waals surface area contributed by atoms with Crippen LogP contribution in [0.15, 0.2) is 24.4 Å². The van der Waals surface area contributed by atoms with Crippen LogP contribution in [0.5, 0.6) is 5.88 Å². The van der Waals surface area contributed by atoms with Gasteiger partial charge in [-0.3, -0.25) is 4.79 Å². The third-order valence-corrected chi connectivity index (χ3v) is 4.37. The Morgan fingerprint density at radius 2 is 2.10 bits per heavy atom. The Kier molecular flexibility index (Phi) is 3.90. The zero-order valence-electron chi connectivity index (χ0n) is 12.0. The van der Waals surface area contributed by atoms with Crippen molar-refractivity contribution in [2.45, 2.75) is 63.6 Å². The van der Waals surface area contributed by atoms with Crippen LogP contribution in [0.4, 0.5) is 0 Å². The van der Waals surface area contributed by atoms with Gasteiger partial charge in [0.15, 0.2) is 0 Å². The molecule has 2 saturated heterocycles. The predicted molar refractivity (Wildman–Crippen MR) is 76.5 cm³/mol. The van der Waals surface area contributed by atoms with Gasteiger partial charge in [-0.25, -0.2) is 4.98 Å². The highest BCUT2D eigenvalue weighted by molar-refractivity contribution is 5.77. The molecule has 0 aliphatic carbocycles. The van der Waals surface area contributed by atoms with E-state index in [9.17, 15) is 4.79 Å². The average molecular weight is 274 g/mol. The van der Waals surface area contributed by atoms with Crippen LogP contribution in [0.25, 0.3) is 0 Å². The predicted octanol–water partition coefficient (Wildman–Crippen LogP) is 2.78. The van der Waals surface area contributed by atoms with Crippen LogP contribution in [-0.4, -0.2) is 34.0 Å². The van der Waals surface area contributed by atoms with Crippen molar-refractivity contribution in [3.8, 4) is 5.88 Å². The highest BCUT2D eigenvalue weighted by Crippen LogP contribution is 2.37. The average Bonchev–Trinajstić information content (AvgIpc) is 2.72. The summed E-state index contributed by atoms with van der Waals surface area (Å²) in [6.45, 7) is 2.07. The topological polar surface area (TPSA) is 42.4 Å². The fourth-order valence-electron chi connectivity index (χ4n) is 3.56. The van der Waals surface area contributed by atoms with E-state index < -0.39 is 0 Å². The van der Waals surface area contributed by atoms with Crippen LogP contribution in [-0.2, 0) is 4.79 Å². The number of rotatable bonds is 4. The number of nitrogens with zero attached hydrogens (tertiary/aromatic N) is 2. The summed E-state index contributed by atoms with van der Waals surface area (Å²) in [5, 5.41) is 0. The van der Waals surface area contributed by atoms with E-state index in [1.54, 1.807) is 6.20 Å². The standard InChI is InChI=1S/C16H22N2O2/c1-2-5-16(19)18-12-7-8-13(18)11-14(10-12)20-15-6-3-4-9-17-15/h3-4,6,9,12-14H,2,5,7-8,10-11H2,1H3. The number of carbonyl (C=O) groups excluding carboxylic acids is 1. The van der Waals surface area contributed by atoms with E-state index in [0.29, 0.717) is 30.3 Å². The monoisotopic (exact) mass is 274 g/mol. The molecule has 2 unspecified atom stereocenters. The minimum absolute atomic E-state index is 0.202. The summed E-state index contributed by atoms with van der Waals surface area (Å²) in [7, 11) is 0. The first kappa shape index (κ1) is 13.4. The molecule has 2 fully saturated rings. The lowest BCUT2D eigenvalue weighted by Crippen LogP contribution is -2.49. The largest absolute Gasteiger partial charge is 0.474 e. The second-order valence-electron chi connectivity index (χ2n) is 5.82. The van der Waals surface area contributed by atoms with Crippen molar-refractivity contribution in [3.05, 3.63) is 24.4 Å². The van der Waals surface area contributed by atoms with Crippen molar-refractivity contribution >= 4 is 5.91 Å². The van der Waals surface area contributed by atoms with E-state index >= 15 is 0 Å². The lowest BCUT2D eigenvalue weighted by molar-refractivity contribution is -0.137. The summed E-state index contributed by atoms with van der Waals surface area (Å²) in [5.74, 6) is 1.03. The molecule has 3 heterocycles. The summed E-state index contributed by atoms with van der Waals surface area (Å²) in [5.41, 5.74) is 0. The van der Waals surface area contributed by atoms with E-state index in [4.69, 9.17) is 4.74 Å². The molecule has 4 nitrogen and oxygen atoms in total. The van der Waals surface area contributed by atoms with Crippen molar-refractivity contribution in [2.75, 3.05) is 0 Å². The third kappa shape index (κ3) is 2.65. The fourth-order valence-corrected chi connectivity index (χ4v) is 3.56. The molecule has 3 rings (SSSR count). The van der Waals surface area contributed by atoms with Gasteiger partial charge in [0, 0.05) is 43.6 Å². The first-order valence-electron chi connectivity index (χ1n) is 7.66. The molecule has 0 radical (unpaired) electrons. The molecule has 0 aromatic carbocycles. The van der Waals surface area contributed by atoms with Crippen LogP contribution in [0.3, 0.4) is 0 Å². The van der Waals surface area contributed by atoms with Crippen molar-refractivity contribution in [1.29, 1.82) is 0 Å². The smallest absolute Gasteiger partial charge is 0.223 e. The molecule has 2 bridgehead atoms. The lowest BCUT2D eigenvalue weighted by Gasteiger charge is -2.38. The van der Waals surface area contributed by atoms with Crippen molar-refractivity contribution in [1.82, 2.24) is 9.88 Å². The first-order valence-corrected chi connectivity index (χ1v) is 7.66. The lowest BCUT2D eigenvalue weighted by atomic mass is 9.99. The number of fused-ring (bicyclic) bond motifs is 2. The first-order chi connectivity index (χ1) is 9.78. The van der Waals surface area contributed by atoms with Gasteiger partial charge < -0.3 is 9.64 Å². The van der Waals surface area contributed by atoms with Gasteiger partial charge in [0.2, 0.25) is 11.8 Å². The zero-order valence-corrected chi connectivity index (χ0v) is 12.0. The SMILES string of the molecule is CCCC(=O)N1C2CCC1CC(Oc1ccccn1)C2. The van der Waals surface area contributed by atoms with Crippen molar-refractivity contribution in [3.63, 3.8) is 0 Å². The number of pyridine rings is 1. The molecule has 1 aromatic rings. The Bertz CT molecular complexity index is 449. The Labute approximate surface area is 120 Å². The molecule has 2 atom stereocenters. The van der Waals surface area contributed by atoms with Gasteiger partial charge in [-0.15, -0.1) is 0 Å². The number of carbonyl (C=O) groups is 1. The van der Waals surface area contributed by atoms with Gasteiger partial charge in [0.1, 0.15) is 6.10 Å². The van der Waals surface area contributed by atoms with Crippen LogP contribution in [0.1, 0.15) is 45.4 Å². The van der Waals surface area contributed by atoms with E-state index in [0.717, 1.165) is 32.1 Å². The molecule has 0 spiro atoms. The summed E-state index contributed by atoms with van der Waals surface area (Å²) in [6, 6.07) is 6.48. The Balaban J connectivity index is 1.63. The van der Waals surface area contributed by atoms with Gasteiger partial charge in [0.05, 0.1) is 0 Å². The van der Waals surface area contributed by atoms with E-state index in [1.165, 1.54) is 0 Å². The normalized spacial score (nSPS) is 28.4. The number of hydrogen-bond acceptors (Lipinski definition) is 3. The second-order valence-corrected chi connectivity index (χ2v) is 5.82. The highest BCUT2D eigenvalue weighted by atomic mass is 16.5. The maximum absolute atomic E-state index is 12.2. The number of ether oxygens (including phenoxy) is 1. The van der Waals surface area contributed by atoms with Gasteiger partial charge >= 0.3 is 0 Å². The zero-order chi connectivity index (χ0) is 13.9. The quantitative estimate of drug-likeness (QED) is 0.848. The molecular weight excluding hydrogens is 252 g/mol. The maximum atomic E-state index is 12.2. The van der Waals surface area contributed by atoms with Gasteiger partial charge in [-0.05, 0) is 25.3 Å². The fraction of sp³-hybridized carbons (Fsp3) is 0.625. The Morgan fingerprint density at radius 3 is 2.70 bits per heavy atom. The van der Waals surface area contributed by atoms with Crippen LogP contribution < -0.4 is 4.74 Å². The summed E-state index contributed by atoms with van der Waals surface area (Å²) in [4.78, 5) is 18.6. The Hall–Kier alpha value is -1.58. The maximum Gasteiger partial charge on any atom is 0.223 e. The molecule has 2 aliphatic heterocycles. The molecule has 2 aliphatic rings. The van der Waals surface area contributed by atoms with E-state index in [2.05, 4.69) is 16.8 Å². The minimum Gasteiger partial charge on any atom is -0.474 e.